The Kier molecular flexibility index (Phi) is 12.8. The van der Waals surface area contributed by atoms with Gasteiger partial charge >= 0.3 is 0 Å². The van der Waals surface area contributed by atoms with Crippen molar-refractivity contribution in [1.29, 1.82) is 0 Å². The van der Waals surface area contributed by atoms with E-state index in [2.05, 4.69) is 52.6 Å². The Morgan fingerprint density at radius 1 is 0.833 bits per heavy atom. The lowest BCUT2D eigenvalue weighted by Gasteiger charge is -2.48. The number of nitrogens with two attached hydrogens (primary N) is 1. The normalized spacial score (nSPS) is 24.4. The first-order valence-electron chi connectivity index (χ1n) is 13.0. The summed E-state index contributed by atoms with van der Waals surface area (Å²) in [6.07, 6.45) is 7.93. The molecule has 2 aliphatic heterocycles. The number of rotatable bonds is 14. The molecule has 6 nitrogen and oxygen atoms in total. The molecule has 0 aromatic rings. The quantitative estimate of drug-likeness (QED) is 0.446. The highest BCUT2D eigenvalue weighted by Gasteiger charge is 2.34. The van der Waals surface area contributed by atoms with Gasteiger partial charge in [0.1, 0.15) is 0 Å². The SMILES string of the molecule is CCN(CC)CCCN1CCC(N)CC1N(CCCN(CC)CC)C1CCNCC1. The van der Waals surface area contributed by atoms with E-state index in [1.165, 1.54) is 58.4 Å². The van der Waals surface area contributed by atoms with Gasteiger partial charge < -0.3 is 20.9 Å². The summed E-state index contributed by atoms with van der Waals surface area (Å²) in [6, 6.07) is 1.07. The van der Waals surface area contributed by atoms with E-state index in [1.807, 2.05) is 0 Å². The second kappa shape index (κ2) is 14.8. The minimum Gasteiger partial charge on any atom is -0.328 e. The summed E-state index contributed by atoms with van der Waals surface area (Å²) in [5, 5.41) is 3.57. The van der Waals surface area contributed by atoms with Gasteiger partial charge in [-0.15, -0.1) is 0 Å². The van der Waals surface area contributed by atoms with Gasteiger partial charge in [0, 0.05) is 31.7 Å². The van der Waals surface area contributed by atoms with Crippen molar-refractivity contribution in [1.82, 2.24) is 24.9 Å². The minimum absolute atomic E-state index is 0.362. The fourth-order valence-corrected chi connectivity index (χ4v) is 5.39. The first kappa shape index (κ1) is 26.0. The van der Waals surface area contributed by atoms with Crippen LogP contribution in [0.15, 0.2) is 0 Å². The highest BCUT2D eigenvalue weighted by molar-refractivity contribution is 4.89. The molecule has 2 saturated heterocycles. The third-order valence-electron chi connectivity index (χ3n) is 7.48. The zero-order chi connectivity index (χ0) is 21.8. The van der Waals surface area contributed by atoms with Crippen molar-refractivity contribution >= 4 is 0 Å². The number of likely N-dealkylation sites (tertiary alicyclic amines) is 1. The molecule has 0 saturated carbocycles. The molecule has 0 radical (unpaired) electrons. The summed E-state index contributed by atoms with van der Waals surface area (Å²) in [5.74, 6) is 0. The van der Waals surface area contributed by atoms with Gasteiger partial charge in [0.2, 0.25) is 0 Å². The van der Waals surface area contributed by atoms with Gasteiger partial charge in [-0.05, 0) is 90.9 Å². The molecule has 3 N–H and O–H groups in total. The summed E-state index contributed by atoms with van der Waals surface area (Å²) in [7, 11) is 0. The lowest BCUT2D eigenvalue weighted by atomic mass is 9.97. The van der Waals surface area contributed by atoms with Gasteiger partial charge in [-0.3, -0.25) is 9.80 Å². The van der Waals surface area contributed by atoms with Crippen LogP contribution in [0.3, 0.4) is 0 Å². The van der Waals surface area contributed by atoms with Gasteiger partial charge in [0.15, 0.2) is 0 Å². The van der Waals surface area contributed by atoms with Crippen LogP contribution in [0, 0.1) is 0 Å². The van der Waals surface area contributed by atoms with Crippen LogP contribution >= 0.6 is 0 Å². The van der Waals surface area contributed by atoms with Crippen molar-refractivity contribution in [2.45, 2.75) is 84.5 Å². The number of nitrogens with zero attached hydrogens (tertiary/aromatic N) is 4. The number of nitrogens with one attached hydrogen (secondary N) is 1. The van der Waals surface area contributed by atoms with Crippen molar-refractivity contribution in [2.24, 2.45) is 5.73 Å². The van der Waals surface area contributed by atoms with Crippen molar-refractivity contribution < 1.29 is 0 Å². The topological polar surface area (TPSA) is 51.0 Å². The Morgan fingerprint density at radius 3 is 2.03 bits per heavy atom. The number of piperidine rings is 2. The van der Waals surface area contributed by atoms with Gasteiger partial charge in [-0.2, -0.15) is 0 Å². The molecule has 6 heteroatoms. The van der Waals surface area contributed by atoms with Crippen molar-refractivity contribution in [3.05, 3.63) is 0 Å². The molecule has 0 amide bonds. The zero-order valence-corrected chi connectivity index (χ0v) is 20.6. The van der Waals surface area contributed by atoms with E-state index in [-0.39, 0.29) is 0 Å². The summed E-state index contributed by atoms with van der Waals surface area (Å²) in [6.45, 7) is 22.1. The molecule has 2 fully saturated rings. The summed E-state index contributed by atoms with van der Waals surface area (Å²) in [5.41, 5.74) is 6.51. The van der Waals surface area contributed by atoms with Crippen LogP contribution in [0.4, 0.5) is 0 Å². The van der Waals surface area contributed by atoms with Crippen LogP contribution in [-0.4, -0.2) is 110 Å². The van der Waals surface area contributed by atoms with Gasteiger partial charge in [-0.25, -0.2) is 0 Å². The Balaban J connectivity index is 2.01. The maximum absolute atomic E-state index is 6.51. The van der Waals surface area contributed by atoms with Crippen LogP contribution in [0.2, 0.25) is 0 Å². The van der Waals surface area contributed by atoms with Gasteiger partial charge in [0.25, 0.3) is 0 Å². The maximum atomic E-state index is 6.51. The standard InChI is InChI=1S/C24H52N6/c1-5-27(6-2)16-9-18-29-20-13-22(25)21-24(29)30(23-11-14-26-15-12-23)19-10-17-28(7-3)8-4/h22-24,26H,5-21,25H2,1-4H3. The predicted molar refractivity (Wildman–Crippen MR) is 130 cm³/mol. The fourth-order valence-electron chi connectivity index (χ4n) is 5.39. The van der Waals surface area contributed by atoms with E-state index in [9.17, 15) is 0 Å². The molecule has 30 heavy (non-hydrogen) atoms. The van der Waals surface area contributed by atoms with Crippen molar-refractivity contribution in [2.75, 3.05) is 72.0 Å². The number of hydrogen-bond acceptors (Lipinski definition) is 6. The molecule has 2 unspecified atom stereocenters. The molecule has 0 aromatic carbocycles. The second-order valence-corrected chi connectivity index (χ2v) is 9.28. The molecule has 2 atom stereocenters. The largest absolute Gasteiger partial charge is 0.328 e. The summed E-state index contributed by atoms with van der Waals surface area (Å²) in [4.78, 5) is 10.8. The van der Waals surface area contributed by atoms with Crippen LogP contribution < -0.4 is 11.1 Å². The molecule has 2 heterocycles. The first-order chi connectivity index (χ1) is 14.6. The average Bonchev–Trinajstić information content (AvgIpc) is 2.78. The van der Waals surface area contributed by atoms with Crippen LogP contribution in [0.1, 0.15) is 66.2 Å². The Bertz CT molecular complexity index is 420. The predicted octanol–water partition coefficient (Wildman–Crippen LogP) is 2.25. The van der Waals surface area contributed by atoms with E-state index in [0.29, 0.717) is 18.2 Å². The van der Waals surface area contributed by atoms with E-state index in [4.69, 9.17) is 5.73 Å². The third-order valence-corrected chi connectivity index (χ3v) is 7.48. The lowest BCUT2D eigenvalue weighted by Crippen LogP contribution is -2.60. The minimum atomic E-state index is 0.362. The Hall–Kier alpha value is -0.240. The highest BCUT2D eigenvalue weighted by atomic mass is 15.4. The van der Waals surface area contributed by atoms with Crippen LogP contribution in [0.25, 0.3) is 0 Å². The van der Waals surface area contributed by atoms with Crippen LogP contribution in [0.5, 0.6) is 0 Å². The Labute approximate surface area is 187 Å². The molecular weight excluding hydrogens is 372 g/mol. The highest BCUT2D eigenvalue weighted by Crippen LogP contribution is 2.25. The molecule has 2 aliphatic rings. The second-order valence-electron chi connectivity index (χ2n) is 9.28. The van der Waals surface area contributed by atoms with Crippen molar-refractivity contribution in [3.8, 4) is 0 Å². The number of hydrogen-bond donors (Lipinski definition) is 2. The maximum Gasteiger partial charge on any atom is 0.0639 e. The third kappa shape index (κ3) is 8.36. The Morgan fingerprint density at radius 2 is 1.43 bits per heavy atom. The average molecular weight is 425 g/mol. The summed E-state index contributed by atoms with van der Waals surface area (Å²) >= 11 is 0. The monoisotopic (exact) mass is 424 g/mol. The van der Waals surface area contributed by atoms with Crippen LogP contribution in [-0.2, 0) is 0 Å². The molecule has 0 spiro atoms. The smallest absolute Gasteiger partial charge is 0.0639 e. The molecule has 0 aliphatic carbocycles. The first-order valence-corrected chi connectivity index (χ1v) is 13.0. The zero-order valence-electron chi connectivity index (χ0n) is 20.6. The van der Waals surface area contributed by atoms with Gasteiger partial charge in [-0.1, -0.05) is 27.7 Å². The molecule has 178 valence electrons. The lowest BCUT2D eigenvalue weighted by molar-refractivity contribution is -0.0283. The van der Waals surface area contributed by atoms with E-state index < -0.39 is 0 Å². The van der Waals surface area contributed by atoms with Crippen molar-refractivity contribution in [3.63, 3.8) is 0 Å². The summed E-state index contributed by atoms with van der Waals surface area (Å²) < 4.78 is 0. The molecule has 2 rings (SSSR count). The molecular formula is C24H52N6. The molecule has 0 bridgehead atoms. The van der Waals surface area contributed by atoms with E-state index >= 15 is 0 Å². The van der Waals surface area contributed by atoms with E-state index in [1.54, 1.807) is 0 Å². The van der Waals surface area contributed by atoms with E-state index in [0.717, 1.165) is 52.1 Å². The molecule has 0 aromatic heterocycles. The van der Waals surface area contributed by atoms with Gasteiger partial charge in [0.05, 0.1) is 6.17 Å². The fraction of sp³-hybridized carbons (Fsp3) is 1.00.